The minimum atomic E-state index is 0.0212. The molecule has 0 atom stereocenters. The first kappa shape index (κ1) is 13.2. The van der Waals surface area contributed by atoms with E-state index >= 15 is 0 Å². The predicted octanol–water partition coefficient (Wildman–Crippen LogP) is 2.26. The summed E-state index contributed by atoms with van der Waals surface area (Å²) in [6.45, 7) is 5.04. The van der Waals surface area contributed by atoms with Gasteiger partial charge in [0.1, 0.15) is 0 Å². The zero-order valence-corrected chi connectivity index (χ0v) is 11.2. The molecule has 1 aromatic carbocycles. The van der Waals surface area contributed by atoms with Gasteiger partial charge in [0, 0.05) is 23.6 Å². The van der Waals surface area contributed by atoms with E-state index in [0.717, 1.165) is 4.47 Å². The molecule has 0 aromatic heterocycles. The number of nitrogens with two attached hydrogens (primary N) is 1. The topological polar surface area (TPSA) is 46.3 Å². The summed E-state index contributed by atoms with van der Waals surface area (Å²) in [5.41, 5.74) is 6.20. The number of carbonyl (C=O) groups is 1. The fourth-order valence-electron chi connectivity index (χ4n) is 1.52. The molecule has 1 rings (SSSR count). The summed E-state index contributed by atoms with van der Waals surface area (Å²) in [6, 6.07) is 7.60. The Hall–Kier alpha value is -0.870. The van der Waals surface area contributed by atoms with Crippen molar-refractivity contribution in [1.29, 1.82) is 0 Å². The number of halogens is 1. The Morgan fingerprint density at radius 1 is 1.44 bits per heavy atom. The van der Waals surface area contributed by atoms with Gasteiger partial charge in [0.05, 0.1) is 5.56 Å². The highest BCUT2D eigenvalue weighted by Gasteiger charge is 2.19. The molecule has 0 aliphatic rings. The van der Waals surface area contributed by atoms with Gasteiger partial charge in [-0.3, -0.25) is 4.79 Å². The summed E-state index contributed by atoms with van der Waals surface area (Å²) in [6.07, 6.45) is 0. The van der Waals surface area contributed by atoms with Gasteiger partial charge in [-0.2, -0.15) is 0 Å². The predicted molar refractivity (Wildman–Crippen MR) is 69.4 cm³/mol. The number of hydrogen-bond donors (Lipinski definition) is 1. The molecule has 0 heterocycles. The van der Waals surface area contributed by atoms with Crippen molar-refractivity contribution >= 4 is 21.8 Å². The molecule has 0 saturated carbocycles. The molecule has 0 unspecified atom stereocenters. The van der Waals surface area contributed by atoms with E-state index in [1.807, 2.05) is 38.1 Å². The van der Waals surface area contributed by atoms with Crippen LogP contribution in [-0.2, 0) is 0 Å². The van der Waals surface area contributed by atoms with E-state index in [1.54, 1.807) is 4.90 Å². The third-order valence-electron chi connectivity index (χ3n) is 2.36. The van der Waals surface area contributed by atoms with Crippen LogP contribution in [0.2, 0.25) is 0 Å². The minimum Gasteiger partial charge on any atom is -0.335 e. The minimum absolute atomic E-state index is 0.0212. The van der Waals surface area contributed by atoms with Gasteiger partial charge in [-0.1, -0.05) is 12.1 Å². The summed E-state index contributed by atoms with van der Waals surface area (Å²) in [7, 11) is 0. The van der Waals surface area contributed by atoms with Crippen molar-refractivity contribution in [3.8, 4) is 0 Å². The first-order valence-electron chi connectivity index (χ1n) is 5.33. The van der Waals surface area contributed by atoms with Crippen molar-refractivity contribution in [3.05, 3.63) is 34.3 Å². The largest absolute Gasteiger partial charge is 0.335 e. The van der Waals surface area contributed by atoms with E-state index < -0.39 is 0 Å². The van der Waals surface area contributed by atoms with Gasteiger partial charge in [0.25, 0.3) is 5.91 Å². The van der Waals surface area contributed by atoms with Crippen molar-refractivity contribution in [2.75, 3.05) is 13.1 Å². The zero-order valence-electron chi connectivity index (χ0n) is 9.61. The lowest BCUT2D eigenvalue weighted by atomic mass is 10.1. The van der Waals surface area contributed by atoms with Gasteiger partial charge in [-0.05, 0) is 41.9 Å². The van der Waals surface area contributed by atoms with Crippen LogP contribution < -0.4 is 5.73 Å². The van der Waals surface area contributed by atoms with Crippen LogP contribution in [0.15, 0.2) is 28.7 Å². The molecule has 2 N–H and O–H groups in total. The maximum absolute atomic E-state index is 12.2. The first-order chi connectivity index (χ1) is 7.57. The summed E-state index contributed by atoms with van der Waals surface area (Å²) in [5, 5.41) is 0. The molecule has 1 amide bonds. The van der Waals surface area contributed by atoms with Gasteiger partial charge < -0.3 is 10.6 Å². The monoisotopic (exact) mass is 284 g/mol. The van der Waals surface area contributed by atoms with E-state index in [4.69, 9.17) is 5.73 Å². The van der Waals surface area contributed by atoms with Crippen molar-refractivity contribution < 1.29 is 4.79 Å². The van der Waals surface area contributed by atoms with E-state index in [2.05, 4.69) is 15.9 Å². The molecular weight excluding hydrogens is 268 g/mol. The Morgan fingerprint density at radius 2 is 2.06 bits per heavy atom. The number of carbonyl (C=O) groups excluding carboxylic acids is 1. The average molecular weight is 285 g/mol. The van der Waals surface area contributed by atoms with Gasteiger partial charge in [-0.25, -0.2) is 0 Å². The quantitative estimate of drug-likeness (QED) is 0.922. The molecule has 0 radical (unpaired) electrons. The molecule has 0 spiro atoms. The lowest BCUT2D eigenvalue weighted by Crippen LogP contribution is -2.40. The molecule has 4 heteroatoms. The first-order valence-corrected chi connectivity index (χ1v) is 6.12. The zero-order chi connectivity index (χ0) is 12.1. The Bertz CT molecular complexity index is 366. The number of nitrogens with zero attached hydrogens (tertiary/aromatic N) is 1. The smallest absolute Gasteiger partial charge is 0.255 e. The normalized spacial score (nSPS) is 10.6. The summed E-state index contributed by atoms with van der Waals surface area (Å²) >= 11 is 3.39. The molecule has 88 valence electrons. The van der Waals surface area contributed by atoms with Crippen LogP contribution >= 0.6 is 15.9 Å². The fraction of sp³-hybridized carbons (Fsp3) is 0.417. The standard InChI is InChI=1S/C12H17BrN2O/c1-9(2)15(8-7-14)12(16)10-5-3-4-6-11(10)13/h3-6,9H,7-8,14H2,1-2H3. The van der Waals surface area contributed by atoms with E-state index in [9.17, 15) is 4.79 Å². The number of benzene rings is 1. The van der Waals surface area contributed by atoms with Crippen LogP contribution in [0, 0.1) is 0 Å². The Balaban J connectivity index is 2.95. The molecule has 0 fully saturated rings. The van der Waals surface area contributed by atoms with Crippen molar-refractivity contribution in [1.82, 2.24) is 4.90 Å². The van der Waals surface area contributed by atoms with Crippen LogP contribution in [0.1, 0.15) is 24.2 Å². The maximum atomic E-state index is 12.2. The number of amides is 1. The second-order valence-corrected chi connectivity index (χ2v) is 4.72. The van der Waals surface area contributed by atoms with Crippen LogP contribution in [-0.4, -0.2) is 29.9 Å². The lowest BCUT2D eigenvalue weighted by molar-refractivity contribution is 0.0711. The van der Waals surface area contributed by atoms with Crippen LogP contribution in [0.5, 0.6) is 0 Å². The van der Waals surface area contributed by atoms with Crippen LogP contribution in [0.3, 0.4) is 0 Å². The van der Waals surface area contributed by atoms with Crippen molar-refractivity contribution in [2.45, 2.75) is 19.9 Å². The lowest BCUT2D eigenvalue weighted by Gasteiger charge is -2.26. The van der Waals surface area contributed by atoms with Crippen LogP contribution in [0.25, 0.3) is 0 Å². The Morgan fingerprint density at radius 3 is 2.56 bits per heavy atom. The Labute approximate surface area is 105 Å². The van der Waals surface area contributed by atoms with E-state index in [-0.39, 0.29) is 11.9 Å². The molecule has 16 heavy (non-hydrogen) atoms. The average Bonchev–Trinajstić information content (AvgIpc) is 2.25. The molecule has 0 bridgehead atoms. The molecule has 3 nitrogen and oxygen atoms in total. The molecule has 0 aliphatic carbocycles. The summed E-state index contributed by atoms with van der Waals surface area (Å²) in [5.74, 6) is 0.0212. The molecular formula is C12H17BrN2O. The van der Waals surface area contributed by atoms with E-state index in [0.29, 0.717) is 18.7 Å². The summed E-state index contributed by atoms with van der Waals surface area (Å²) < 4.78 is 0.822. The highest BCUT2D eigenvalue weighted by Crippen LogP contribution is 2.18. The summed E-state index contributed by atoms with van der Waals surface area (Å²) in [4.78, 5) is 14.0. The van der Waals surface area contributed by atoms with Crippen LogP contribution in [0.4, 0.5) is 0 Å². The third kappa shape index (κ3) is 3.06. The SMILES string of the molecule is CC(C)N(CCN)C(=O)c1ccccc1Br. The van der Waals surface area contributed by atoms with Gasteiger partial charge in [0.15, 0.2) is 0 Å². The molecule has 0 saturated heterocycles. The van der Waals surface area contributed by atoms with Crippen molar-refractivity contribution in [3.63, 3.8) is 0 Å². The third-order valence-corrected chi connectivity index (χ3v) is 3.05. The molecule has 0 aliphatic heterocycles. The highest BCUT2D eigenvalue weighted by atomic mass is 79.9. The second kappa shape index (κ2) is 6.01. The Kier molecular flexibility index (Phi) is 4.96. The van der Waals surface area contributed by atoms with Gasteiger partial charge in [-0.15, -0.1) is 0 Å². The number of rotatable bonds is 4. The van der Waals surface area contributed by atoms with Gasteiger partial charge >= 0.3 is 0 Å². The van der Waals surface area contributed by atoms with Crippen molar-refractivity contribution in [2.24, 2.45) is 5.73 Å². The highest BCUT2D eigenvalue weighted by molar-refractivity contribution is 9.10. The fourth-order valence-corrected chi connectivity index (χ4v) is 1.98. The maximum Gasteiger partial charge on any atom is 0.255 e. The number of hydrogen-bond acceptors (Lipinski definition) is 2. The van der Waals surface area contributed by atoms with E-state index in [1.165, 1.54) is 0 Å². The second-order valence-electron chi connectivity index (χ2n) is 3.86. The van der Waals surface area contributed by atoms with Gasteiger partial charge in [0.2, 0.25) is 0 Å². The molecule has 1 aromatic rings.